The normalized spacial score (nSPS) is 24.1. The van der Waals surface area contributed by atoms with E-state index in [1.165, 1.54) is 11.5 Å². The van der Waals surface area contributed by atoms with E-state index in [2.05, 4.69) is 0 Å². The van der Waals surface area contributed by atoms with Crippen LogP contribution in [-0.2, 0) is 0 Å². The molecule has 1 aliphatic rings. The molecule has 14 heavy (non-hydrogen) atoms. The first-order chi connectivity index (χ1) is 6.70. The quantitative estimate of drug-likeness (QED) is 0.697. The molecule has 76 valence electrons. The van der Waals surface area contributed by atoms with Gasteiger partial charge in [0.15, 0.2) is 6.54 Å². The van der Waals surface area contributed by atoms with E-state index in [-0.39, 0.29) is 17.6 Å². The van der Waals surface area contributed by atoms with Crippen LogP contribution in [0, 0.1) is 4.91 Å². The van der Waals surface area contributed by atoms with Crippen LogP contribution in [0.4, 0.5) is 0 Å². The molecule has 0 aromatic carbocycles. The van der Waals surface area contributed by atoms with Crippen molar-refractivity contribution in [2.75, 3.05) is 6.54 Å². The maximum absolute atomic E-state index is 11.4. The van der Waals surface area contributed by atoms with E-state index >= 15 is 0 Å². The summed E-state index contributed by atoms with van der Waals surface area (Å²) in [5.41, 5.74) is 0.00259. The van der Waals surface area contributed by atoms with E-state index in [0.29, 0.717) is 6.54 Å². The van der Waals surface area contributed by atoms with Crippen molar-refractivity contribution in [3.8, 4) is 0 Å². The molecule has 1 aromatic rings. The number of nitroso groups, excluding NO2 is 1. The van der Waals surface area contributed by atoms with Gasteiger partial charge in [0, 0.05) is 34.0 Å². The topological polar surface area (TPSA) is 42.1 Å². The Morgan fingerprint density at radius 2 is 2.50 bits per heavy atom. The van der Waals surface area contributed by atoms with Gasteiger partial charge in [-0.15, -0.1) is 0 Å². The first-order valence-electron chi connectivity index (χ1n) is 4.80. The average molecular weight is 213 g/mol. The van der Waals surface area contributed by atoms with Crippen LogP contribution in [0.3, 0.4) is 0 Å². The summed E-state index contributed by atoms with van der Waals surface area (Å²) in [6, 6.07) is 1.53. The number of hydrogen-bond donors (Lipinski definition) is 0. The van der Waals surface area contributed by atoms with Crippen molar-refractivity contribution in [3.63, 3.8) is 0 Å². The lowest BCUT2D eigenvalue weighted by Gasteiger charge is -2.11. The Balaban J connectivity index is 2.24. The Labute approximate surface area is 85.9 Å². The second kappa shape index (κ2) is 3.65. The summed E-state index contributed by atoms with van der Waals surface area (Å²) in [7, 11) is 0. The zero-order chi connectivity index (χ0) is 10.1. The van der Waals surface area contributed by atoms with E-state index in [1.54, 1.807) is 15.4 Å². The minimum absolute atomic E-state index is 0.00231. The zero-order valence-electron chi connectivity index (χ0n) is 8.05. The van der Waals surface area contributed by atoms with Gasteiger partial charge in [-0.2, -0.15) is 0 Å². The molecular weight excluding hydrogens is 200 g/mol. The molecule has 0 aliphatic carbocycles. The highest BCUT2D eigenvalue weighted by atomic mass is 32.1. The third-order valence-electron chi connectivity index (χ3n) is 2.78. The summed E-state index contributed by atoms with van der Waals surface area (Å²) in [6.07, 6.45) is 1.84. The van der Waals surface area contributed by atoms with Gasteiger partial charge in [0.05, 0.1) is 0 Å². The van der Waals surface area contributed by atoms with Gasteiger partial charge < -0.3 is 0 Å². The van der Waals surface area contributed by atoms with Crippen LogP contribution in [0.1, 0.15) is 25.8 Å². The second-order valence-corrected chi connectivity index (χ2v) is 4.54. The fraction of sp³-hybridized carbons (Fsp3) is 0.667. The Kier molecular flexibility index (Phi) is 2.50. The summed E-state index contributed by atoms with van der Waals surface area (Å²) in [4.78, 5) is 22.8. The molecular formula is C9H13N2O2S+. The smallest absolute Gasteiger partial charge is 0.261 e. The van der Waals surface area contributed by atoms with Crippen molar-refractivity contribution in [1.82, 2.24) is 3.96 Å². The van der Waals surface area contributed by atoms with Crippen LogP contribution in [0.2, 0.25) is 0 Å². The van der Waals surface area contributed by atoms with Crippen molar-refractivity contribution in [3.05, 3.63) is 26.7 Å². The van der Waals surface area contributed by atoms with Gasteiger partial charge in [-0.1, -0.05) is 11.5 Å². The van der Waals surface area contributed by atoms with Crippen LogP contribution in [0.25, 0.3) is 0 Å². The second-order valence-electron chi connectivity index (χ2n) is 3.66. The molecule has 2 atom stereocenters. The Morgan fingerprint density at radius 3 is 3.00 bits per heavy atom. The lowest BCUT2D eigenvalue weighted by Crippen LogP contribution is -2.30. The van der Waals surface area contributed by atoms with Gasteiger partial charge in [0.2, 0.25) is 6.04 Å². The lowest BCUT2D eigenvalue weighted by atomic mass is 10.1. The average Bonchev–Trinajstić information content (AvgIpc) is 2.73. The molecule has 1 aliphatic heterocycles. The zero-order valence-corrected chi connectivity index (χ0v) is 8.87. The Bertz CT molecular complexity index is 396. The fourth-order valence-electron chi connectivity index (χ4n) is 1.98. The first-order valence-corrected chi connectivity index (χ1v) is 5.64. The van der Waals surface area contributed by atoms with E-state index in [9.17, 15) is 9.70 Å². The third kappa shape index (κ3) is 1.52. The van der Waals surface area contributed by atoms with Crippen molar-refractivity contribution < 1.29 is 4.76 Å². The SMILES string of the molecule is CC(C1CCC[N+]1=O)n1sccc1=O. The van der Waals surface area contributed by atoms with Gasteiger partial charge in [-0.25, -0.2) is 0 Å². The Hall–Kier alpha value is -0.970. The standard InChI is InChI=1S/C9H13N2O2S/c1-7(8-3-2-5-10(8)13)11-9(12)4-6-14-11/h4,6-8H,2-3,5H2,1H3/q+1. The van der Waals surface area contributed by atoms with Crippen molar-refractivity contribution in [2.24, 2.45) is 0 Å². The van der Waals surface area contributed by atoms with E-state index in [1.807, 2.05) is 6.92 Å². The van der Waals surface area contributed by atoms with Crippen LogP contribution in [0.5, 0.6) is 0 Å². The maximum atomic E-state index is 11.4. The predicted octanol–water partition coefficient (Wildman–Crippen LogP) is 1.41. The van der Waals surface area contributed by atoms with Crippen LogP contribution < -0.4 is 5.56 Å². The molecule has 0 radical (unpaired) electrons. The maximum Gasteiger partial charge on any atom is 0.261 e. The monoisotopic (exact) mass is 213 g/mol. The minimum Gasteiger partial charge on any atom is -0.268 e. The molecule has 1 aromatic heterocycles. The summed E-state index contributed by atoms with van der Waals surface area (Å²) >= 11 is 1.39. The van der Waals surface area contributed by atoms with Crippen LogP contribution in [0.15, 0.2) is 16.2 Å². The van der Waals surface area contributed by atoms with Gasteiger partial charge in [0.25, 0.3) is 5.56 Å². The summed E-state index contributed by atoms with van der Waals surface area (Å²) < 4.78 is 2.79. The number of aromatic nitrogens is 1. The molecule has 2 heterocycles. The Morgan fingerprint density at radius 1 is 1.71 bits per heavy atom. The molecule has 4 nitrogen and oxygen atoms in total. The first kappa shape index (κ1) is 9.58. The van der Waals surface area contributed by atoms with Crippen molar-refractivity contribution in [1.29, 1.82) is 0 Å². The number of hydrogen-bond acceptors (Lipinski definition) is 3. The molecule has 0 N–H and O–H groups in total. The molecule has 0 saturated carbocycles. The fourth-order valence-corrected chi connectivity index (χ4v) is 2.79. The molecule has 1 fully saturated rings. The van der Waals surface area contributed by atoms with Gasteiger partial charge in [-0.05, 0) is 6.92 Å². The van der Waals surface area contributed by atoms with Gasteiger partial charge in [-0.3, -0.25) is 8.75 Å². The molecule has 5 heteroatoms. The summed E-state index contributed by atoms with van der Waals surface area (Å²) in [5, 5.41) is 1.77. The van der Waals surface area contributed by atoms with Gasteiger partial charge >= 0.3 is 0 Å². The van der Waals surface area contributed by atoms with Crippen molar-refractivity contribution >= 4 is 11.5 Å². The minimum atomic E-state index is -0.0219. The molecule has 0 spiro atoms. The molecule has 1 saturated heterocycles. The van der Waals surface area contributed by atoms with Crippen LogP contribution in [-0.4, -0.2) is 21.3 Å². The highest BCUT2D eigenvalue weighted by molar-refractivity contribution is 7.04. The molecule has 0 amide bonds. The van der Waals surface area contributed by atoms with E-state index in [0.717, 1.165) is 17.6 Å². The summed E-state index contributed by atoms with van der Waals surface area (Å²) in [5.74, 6) is 0. The number of rotatable bonds is 2. The lowest BCUT2D eigenvalue weighted by molar-refractivity contribution is -0.570. The highest BCUT2D eigenvalue weighted by Crippen LogP contribution is 2.23. The molecule has 2 unspecified atom stereocenters. The van der Waals surface area contributed by atoms with E-state index in [4.69, 9.17) is 0 Å². The predicted molar refractivity (Wildman–Crippen MR) is 54.8 cm³/mol. The number of nitrogens with zero attached hydrogens (tertiary/aromatic N) is 2. The van der Waals surface area contributed by atoms with E-state index < -0.39 is 0 Å². The molecule has 0 bridgehead atoms. The molecule has 2 rings (SSSR count). The van der Waals surface area contributed by atoms with Crippen molar-refractivity contribution in [2.45, 2.75) is 31.8 Å². The highest BCUT2D eigenvalue weighted by Gasteiger charge is 2.38. The largest absolute Gasteiger partial charge is 0.268 e. The third-order valence-corrected chi connectivity index (χ3v) is 3.77. The van der Waals surface area contributed by atoms with Gasteiger partial charge in [0.1, 0.15) is 6.04 Å². The summed E-state index contributed by atoms with van der Waals surface area (Å²) in [6.45, 7) is 2.55. The van der Waals surface area contributed by atoms with Crippen LogP contribution >= 0.6 is 11.5 Å².